The van der Waals surface area contributed by atoms with Crippen LogP contribution < -0.4 is 15.8 Å². The Hall–Kier alpha value is -2.30. The average Bonchev–Trinajstić information content (AvgIpc) is 2.41. The maximum absolute atomic E-state index is 5.82. The number of aryl methyl sites for hydroxylation is 1. The smallest absolute Gasteiger partial charge is 0.212 e. The number of rotatable bonds is 4. The summed E-state index contributed by atoms with van der Waals surface area (Å²) in [5.41, 5.74) is 8.59. The van der Waals surface area contributed by atoms with Gasteiger partial charge in [-0.3, -0.25) is 0 Å². The van der Waals surface area contributed by atoms with Crippen molar-refractivity contribution in [2.75, 3.05) is 18.2 Å². The number of nitrogens with zero attached hydrogens (tertiary/aromatic N) is 2. The van der Waals surface area contributed by atoms with E-state index in [4.69, 9.17) is 10.5 Å². The van der Waals surface area contributed by atoms with Gasteiger partial charge in [0.05, 0.1) is 7.11 Å². The second kappa shape index (κ2) is 5.35. The summed E-state index contributed by atoms with van der Waals surface area (Å²) in [6.45, 7) is 2.58. The molecule has 0 bridgehead atoms. The fraction of sp³-hybridized carbons (Fsp3) is 0.231. The number of hydrogen-bond donors (Lipinski definition) is 2. The van der Waals surface area contributed by atoms with Crippen LogP contribution in [0.3, 0.4) is 0 Å². The maximum atomic E-state index is 5.82. The highest BCUT2D eigenvalue weighted by Crippen LogP contribution is 2.14. The van der Waals surface area contributed by atoms with Crippen molar-refractivity contribution in [2.24, 2.45) is 0 Å². The van der Waals surface area contributed by atoms with Crippen LogP contribution in [0.5, 0.6) is 5.88 Å². The molecule has 2 heterocycles. The van der Waals surface area contributed by atoms with E-state index >= 15 is 0 Å². The summed E-state index contributed by atoms with van der Waals surface area (Å²) in [5, 5.41) is 3.19. The Bertz CT molecular complexity index is 525. The normalized spacial score (nSPS) is 10.1. The lowest BCUT2D eigenvalue weighted by molar-refractivity contribution is 0.397. The van der Waals surface area contributed by atoms with Crippen molar-refractivity contribution in [1.29, 1.82) is 0 Å². The van der Waals surface area contributed by atoms with Gasteiger partial charge in [-0.1, -0.05) is 6.07 Å². The fourth-order valence-electron chi connectivity index (χ4n) is 1.46. The quantitative estimate of drug-likeness (QED) is 0.860. The lowest BCUT2D eigenvalue weighted by atomic mass is 10.2. The van der Waals surface area contributed by atoms with Crippen LogP contribution in [0.2, 0.25) is 0 Å². The molecule has 2 aromatic heterocycles. The Labute approximate surface area is 106 Å². The molecule has 5 heteroatoms. The van der Waals surface area contributed by atoms with Gasteiger partial charge < -0.3 is 15.8 Å². The predicted molar refractivity (Wildman–Crippen MR) is 71.5 cm³/mol. The average molecular weight is 244 g/mol. The minimum atomic E-state index is 0.608. The van der Waals surface area contributed by atoms with Gasteiger partial charge in [0.25, 0.3) is 0 Å². The molecule has 0 aliphatic carbocycles. The van der Waals surface area contributed by atoms with Crippen LogP contribution in [-0.4, -0.2) is 17.1 Å². The van der Waals surface area contributed by atoms with Gasteiger partial charge in [-0.05, 0) is 18.1 Å². The minimum absolute atomic E-state index is 0.608. The monoisotopic (exact) mass is 244 g/mol. The lowest BCUT2D eigenvalue weighted by Crippen LogP contribution is -2.03. The summed E-state index contributed by atoms with van der Waals surface area (Å²) in [5.74, 6) is 1.37. The van der Waals surface area contributed by atoms with E-state index < -0.39 is 0 Å². The summed E-state index contributed by atoms with van der Waals surface area (Å²) in [7, 11) is 1.60. The van der Waals surface area contributed by atoms with Crippen LogP contribution in [0.4, 0.5) is 11.5 Å². The van der Waals surface area contributed by atoms with E-state index in [1.807, 2.05) is 25.1 Å². The number of nitrogen functional groups attached to an aromatic ring is 1. The Morgan fingerprint density at radius 3 is 2.72 bits per heavy atom. The molecular formula is C13H16N4O. The first kappa shape index (κ1) is 12.2. The van der Waals surface area contributed by atoms with E-state index in [0.717, 1.165) is 22.6 Å². The van der Waals surface area contributed by atoms with Gasteiger partial charge in [0.1, 0.15) is 5.82 Å². The summed E-state index contributed by atoms with van der Waals surface area (Å²) in [6, 6.07) is 5.61. The zero-order chi connectivity index (χ0) is 13.0. The molecule has 94 valence electrons. The Morgan fingerprint density at radius 2 is 2.11 bits per heavy atom. The number of nitrogens with one attached hydrogen (secondary N) is 1. The molecule has 0 aromatic carbocycles. The molecule has 0 saturated carbocycles. The largest absolute Gasteiger partial charge is 0.481 e. The molecule has 0 unspecified atom stereocenters. The van der Waals surface area contributed by atoms with Gasteiger partial charge in [0.15, 0.2) is 0 Å². The molecule has 2 aromatic rings. The number of nitrogens with two attached hydrogens (primary N) is 1. The van der Waals surface area contributed by atoms with Gasteiger partial charge in [-0.25, -0.2) is 9.97 Å². The number of ether oxygens (including phenoxy) is 1. The topological polar surface area (TPSA) is 73.1 Å². The Kier molecular flexibility index (Phi) is 3.62. The van der Waals surface area contributed by atoms with Crippen LogP contribution in [-0.2, 0) is 6.54 Å². The van der Waals surface area contributed by atoms with Crippen molar-refractivity contribution in [2.45, 2.75) is 13.5 Å². The second-order valence-electron chi connectivity index (χ2n) is 3.99. The minimum Gasteiger partial charge on any atom is -0.481 e. The molecule has 0 saturated heterocycles. The first-order chi connectivity index (χ1) is 8.69. The predicted octanol–water partition coefficient (Wildman–Crippen LogP) is 1.99. The summed E-state index contributed by atoms with van der Waals surface area (Å²) in [4.78, 5) is 8.39. The molecule has 0 radical (unpaired) electrons. The maximum Gasteiger partial charge on any atom is 0.212 e. The first-order valence-corrected chi connectivity index (χ1v) is 5.64. The third-order valence-electron chi connectivity index (χ3n) is 2.63. The van der Waals surface area contributed by atoms with Crippen LogP contribution >= 0.6 is 0 Å². The van der Waals surface area contributed by atoms with Crippen molar-refractivity contribution in [3.63, 3.8) is 0 Å². The molecule has 5 nitrogen and oxygen atoms in total. The van der Waals surface area contributed by atoms with Crippen LogP contribution in [0.1, 0.15) is 11.1 Å². The second-order valence-corrected chi connectivity index (χ2v) is 3.99. The highest BCUT2D eigenvalue weighted by atomic mass is 16.5. The highest BCUT2D eigenvalue weighted by molar-refractivity contribution is 5.53. The third kappa shape index (κ3) is 2.88. The van der Waals surface area contributed by atoms with E-state index in [1.54, 1.807) is 19.5 Å². The van der Waals surface area contributed by atoms with E-state index in [-0.39, 0.29) is 0 Å². The molecule has 0 amide bonds. The zero-order valence-electron chi connectivity index (χ0n) is 10.5. The Balaban J connectivity index is 1.99. The molecule has 2 rings (SSSR count). The number of methoxy groups -OCH3 is 1. The van der Waals surface area contributed by atoms with Gasteiger partial charge in [0.2, 0.25) is 5.88 Å². The highest BCUT2D eigenvalue weighted by Gasteiger charge is 1.99. The van der Waals surface area contributed by atoms with Crippen LogP contribution in [0.25, 0.3) is 0 Å². The summed E-state index contributed by atoms with van der Waals surface area (Å²) in [6.07, 6.45) is 3.52. The van der Waals surface area contributed by atoms with Crippen molar-refractivity contribution in [1.82, 2.24) is 9.97 Å². The molecule has 0 aliphatic heterocycles. The molecule has 0 spiro atoms. The van der Waals surface area contributed by atoms with E-state index in [1.165, 1.54) is 0 Å². The van der Waals surface area contributed by atoms with Gasteiger partial charge in [-0.2, -0.15) is 0 Å². The van der Waals surface area contributed by atoms with Crippen molar-refractivity contribution >= 4 is 11.5 Å². The summed E-state index contributed by atoms with van der Waals surface area (Å²) >= 11 is 0. The number of hydrogen-bond acceptors (Lipinski definition) is 5. The molecule has 0 aliphatic rings. The molecule has 3 N–H and O–H groups in total. The van der Waals surface area contributed by atoms with Gasteiger partial charge in [0, 0.05) is 36.8 Å². The standard InChI is InChI=1S/C13H16N4O/c1-9-6-15-12(5-11(9)14)16-7-10-3-4-13(18-2)17-8-10/h3-6,8H,7H2,1-2H3,(H3,14,15,16). The van der Waals surface area contributed by atoms with E-state index in [0.29, 0.717) is 12.4 Å². The molecule has 18 heavy (non-hydrogen) atoms. The zero-order valence-corrected chi connectivity index (χ0v) is 10.5. The van der Waals surface area contributed by atoms with Gasteiger partial charge >= 0.3 is 0 Å². The van der Waals surface area contributed by atoms with Crippen LogP contribution in [0.15, 0.2) is 30.6 Å². The van der Waals surface area contributed by atoms with Crippen LogP contribution in [0, 0.1) is 6.92 Å². The lowest BCUT2D eigenvalue weighted by Gasteiger charge is -2.07. The number of anilines is 2. The number of aromatic nitrogens is 2. The first-order valence-electron chi connectivity index (χ1n) is 5.64. The van der Waals surface area contributed by atoms with Crippen molar-refractivity contribution in [3.8, 4) is 5.88 Å². The molecule has 0 atom stereocenters. The Morgan fingerprint density at radius 1 is 1.28 bits per heavy atom. The van der Waals surface area contributed by atoms with E-state index in [9.17, 15) is 0 Å². The van der Waals surface area contributed by atoms with E-state index in [2.05, 4.69) is 15.3 Å². The van der Waals surface area contributed by atoms with Crippen molar-refractivity contribution < 1.29 is 4.74 Å². The summed E-state index contributed by atoms with van der Waals surface area (Å²) < 4.78 is 5.00. The van der Waals surface area contributed by atoms with Crippen molar-refractivity contribution in [3.05, 3.63) is 41.7 Å². The number of pyridine rings is 2. The third-order valence-corrected chi connectivity index (χ3v) is 2.63. The fourth-order valence-corrected chi connectivity index (χ4v) is 1.46. The molecular weight excluding hydrogens is 228 g/mol. The van der Waals surface area contributed by atoms with Gasteiger partial charge in [-0.15, -0.1) is 0 Å². The molecule has 0 fully saturated rings. The SMILES string of the molecule is COc1ccc(CNc2cc(N)c(C)cn2)cn1.